The molecule has 0 aromatic carbocycles. The number of nitrogens with zero attached hydrogens (tertiary/aromatic N) is 1. The fourth-order valence-corrected chi connectivity index (χ4v) is 9.94. The maximum atomic E-state index is 15.1. The maximum Gasteiger partial charge on any atom is 0.227 e. The van der Waals surface area contributed by atoms with Crippen LogP contribution in [0.2, 0.25) is 0 Å². The molecule has 0 bridgehead atoms. The van der Waals surface area contributed by atoms with E-state index in [0.717, 1.165) is 25.7 Å². The lowest BCUT2D eigenvalue weighted by molar-refractivity contribution is -0.154. The third kappa shape index (κ3) is 11.4. The number of aliphatic hydroxyl groups excluding tert-OH is 1. The SMILES string of the molecule is C=C1C=C[C@H](C)C1C(=O)[C@]1(C)C[C@H](O)CN1C(=O)[C@H](C(C)C)[C@H](C)C(=O)[C@@](C)(CC(=O)[C@H](CC(C)C)[C@H](C)C(=O)[C@H](C)C[C@H](C)CCCC)C(C)CC(C)=O. The van der Waals surface area contributed by atoms with Crippen LogP contribution in [0.1, 0.15) is 148 Å². The summed E-state index contributed by atoms with van der Waals surface area (Å²) < 4.78 is 0. The van der Waals surface area contributed by atoms with Crippen molar-refractivity contribution in [2.75, 3.05) is 6.54 Å². The molecule has 1 aliphatic carbocycles. The van der Waals surface area contributed by atoms with E-state index in [1.54, 1.807) is 20.8 Å². The first-order chi connectivity index (χ1) is 25.3. The Hall–Kier alpha value is -2.74. The van der Waals surface area contributed by atoms with Crippen molar-refractivity contribution in [1.29, 1.82) is 0 Å². The van der Waals surface area contributed by atoms with Crippen LogP contribution in [0.3, 0.4) is 0 Å². The fraction of sp³-hybridized carbons (Fsp3) is 0.787. The van der Waals surface area contributed by atoms with Crippen LogP contribution < -0.4 is 0 Å². The number of carbonyl (C=O) groups is 6. The average molecular weight is 768 g/mol. The van der Waals surface area contributed by atoms with Gasteiger partial charge >= 0.3 is 0 Å². The largest absolute Gasteiger partial charge is 0.391 e. The molecule has 0 radical (unpaired) electrons. The molecule has 0 aromatic rings. The quantitative estimate of drug-likeness (QED) is 0.110. The minimum absolute atomic E-state index is 0.0265. The van der Waals surface area contributed by atoms with Gasteiger partial charge in [0.25, 0.3) is 0 Å². The lowest BCUT2D eigenvalue weighted by Crippen LogP contribution is -2.57. The van der Waals surface area contributed by atoms with Gasteiger partial charge in [-0.1, -0.05) is 121 Å². The minimum Gasteiger partial charge on any atom is -0.391 e. The van der Waals surface area contributed by atoms with Crippen molar-refractivity contribution in [2.45, 2.75) is 160 Å². The zero-order valence-corrected chi connectivity index (χ0v) is 37.0. The molecule has 1 amide bonds. The van der Waals surface area contributed by atoms with E-state index >= 15 is 4.79 Å². The van der Waals surface area contributed by atoms with E-state index < -0.39 is 52.6 Å². The van der Waals surface area contributed by atoms with Crippen LogP contribution in [0.15, 0.2) is 24.3 Å². The van der Waals surface area contributed by atoms with Crippen molar-refractivity contribution in [3.63, 3.8) is 0 Å². The molecule has 1 saturated heterocycles. The Morgan fingerprint density at radius 1 is 0.982 bits per heavy atom. The van der Waals surface area contributed by atoms with Crippen LogP contribution in [0.25, 0.3) is 0 Å². The van der Waals surface area contributed by atoms with Crippen LogP contribution in [0.4, 0.5) is 0 Å². The molecule has 2 unspecified atom stereocenters. The second-order valence-electron chi connectivity index (χ2n) is 19.3. The van der Waals surface area contributed by atoms with E-state index in [-0.39, 0.29) is 84.3 Å². The highest BCUT2D eigenvalue weighted by atomic mass is 16.3. The van der Waals surface area contributed by atoms with Crippen LogP contribution >= 0.6 is 0 Å². The molecule has 1 aliphatic heterocycles. The van der Waals surface area contributed by atoms with Gasteiger partial charge in [0.15, 0.2) is 5.78 Å². The predicted octanol–water partition coefficient (Wildman–Crippen LogP) is 9.06. The van der Waals surface area contributed by atoms with Crippen LogP contribution in [-0.4, -0.2) is 63.0 Å². The van der Waals surface area contributed by atoms with Crippen molar-refractivity contribution in [1.82, 2.24) is 4.90 Å². The first-order valence-electron chi connectivity index (χ1n) is 21.4. The molecule has 12 atom stereocenters. The zero-order chi connectivity index (χ0) is 42.3. The Kier molecular flexibility index (Phi) is 17.7. The van der Waals surface area contributed by atoms with Gasteiger partial charge in [0.2, 0.25) is 5.91 Å². The van der Waals surface area contributed by atoms with E-state index in [0.29, 0.717) is 17.9 Å². The van der Waals surface area contributed by atoms with Gasteiger partial charge in [0, 0.05) is 60.8 Å². The Labute approximate surface area is 334 Å². The van der Waals surface area contributed by atoms with Crippen molar-refractivity contribution >= 4 is 34.8 Å². The van der Waals surface area contributed by atoms with Gasteiger partial charge in [-0.3, -0.25) is 24.0 Å². The molecule has 1 fully saturated rings. The smallest absolute Gasteiger partial charge is 0.227 e. The summed E-state index contributed by atoms with van der Waals surface area (Å²) in [6.45, 7) is 30.5. The highest BCUT2D eigenvalue weighted by molar-refractivity contribution is 6.00. The van der Waals surface area contributed by atoms with Crippen LogP contribution in [-0.2, 0) is 28.8 Å². The number of likely N-dealkylation sites (tertiary alicyclic amines) is 1. The molecule has 55 heavy (non-hydrogen) atoms. The van der Waals surface area contributed by atoms with E-state index in [9.17, 15) is 29.1 Å². The number of unbranched alkanes of at least 4 members (excludes halogenated alkanes) is 1. The van der Waals surface area contributed by atoms with E-state index in [2.05, 4.69) is 20.4 Å². The Bertz CT molecular complexity index is 1440. The minimum atomic E-state index is -1.31. The standard InChI is InChI=1S/C47H77NO7/c1-16-17-18-29(6)22-32(9)42(52)35(12)38(21-27(2)3)39(51)25-46(14,33(10)23-34(11)49)43(53)36(13)40(28(4)5)45(55)48-26-37(50)24-47(48,15)44(54)41-30(7)19-20-31(41)8/h19-20,27-29,31-33,35-38,40-41,50H,7,16-18,21-26H2,1-6,8-15H3/t29-,31+,32-,33?,35+,36+,37+,38-,40-,41?,46+,47+/m1/s1. The first-order valence-corrected chi connectivity index (χ1v) is 21.4. The van der Waals surface area contributed by atoms with E-state index in [4.69, 9.17) is 0 Å². The molecule has 312 valence electrons. The summed E-state index contributed by atoms with van der Waals surface area (Å²) in [7, 11) is 0. The Morgan fingerprint density at radius 3 is 2.07 bits per heavy atom. The van der Waals surface area contributed by atoms with E-state index in [1.807, 2.05) is 67.5 Å². The summed E-state index contributed by atoms with van der Waals surface area (Å²) in [5.41, 5.74) is -1.92. The third-order valence-electron chi connectivity index (χ3n) is 13.5. The number of hydrogen-bond acceptors (Lipinski definition) is 7. The van der Waals surface area contributed by atoms with Gasteiger partial charge < -0.3 is 14.8 Å². The second-order valence-corrected chi connectivity index (χ2v) is 19.3. The van der Waals surface area contributed by atoms with Crippen LogP contribution in [0, 0.1) is 70.5 Å². The lowest BCUT2D eigenvalue weighted by atomic mass is 9.62. The number of rotatable bonds is 23. The topological polar surface area (TPSA) is 126 Å². The number of allylic oxidation sites excluding steroid dienone is 3. The van der Waals surface area contributed by atoms with Crippen molar-refractivity contribution < 1.29 is 33.9 Å². The van der Waals surface area contributed by atoms with Crippen LogP contribution in [0.5, 0.6) is 0 Å². The summed E-state index contributed by atoms with van der Waals surface area (Å²) >= 11 is 0. The molecule has 1 heterocycles. The molecule has 2 aliphatic rings. The lowest BCUT2D eigenvalue weighted by Gasteiger charge is -2.42. The van der Waals surface area contributed by atoms with E-state index in [1.165, 1.54) is 11.8 Å². The molecule has 1 N–H and O–H groups in total. The molecular weight excluding hydrogens is 691 g/mol. The summed E-state index contributed by atoms with van der Waals surface area (Å²) in [4.78, 5) is 86.7. The number of amides is 1. The van der Waals surface area contributed by atoms with Gasteiger partial charge in [0.05, 0.1) is 12.0 Å². The number of ketones is 5. The third-order valence-corrected chi connectivity index (χ3v) is 13.5. The fourth-order valence-electron chi connectivity index (χ4n) is 9.94. The molecule has 8 nitrogen and oxygen atoms in total. The Balaban J connectivity index is 2.53. The summed E-state index contributed by atoms with van der Waals surface area (Å²) in [5.74, 6) is -4.95. The molecule has 0 aromatic heterocycles. The molecule has 2 rings (SSSR count). The molecule has 0 saturated carbocycles. The number of aliphatic hydroxyl groups is 1. The number of hydrogen-bond donors (Lipinski definition) is 1. The molecule has 8 heteroatoms. The predicted molar refractivity (Wildman–Crippen MR) is 221 cm³/mol. The normalized spacial score (nSPS) is 26.3. The number of β-amino-alcohol motifs (C(OH)–C–C–N with tert-alkyl or cyclic N) is 1. The monoisotopic (exact) mass is 768 g/mol. The van der Waals surface area contributed by atoms with Crippen molar-refractivity contribution in [3.8, 4) is 0 Å². The first kappa shape index (κ1) is 48.4. The summed E-state index contributed by atoms with van der Waals surface area (Å²) in [5, 5.41) is 10.9. The van der Waals surface area contributed by atoms with Crippen molar-refractivity contribution in [3.05, 3.63) is 24.3 Å². The summed E-state index contributed by atoms with van der Waals surface area (Å²) in [6.07, 6.45) is 7.45. The highest BCUT2D eigenvalue weighted by Crippen LogP contribution is 2.45. The van der Waals surface area contributed by atoms with Crippen molar-refractivity contribution in [2.24, 2.45) is 70.5 Å². The molecule has 0 spiro atoms. The number of carbonyl (C=O) groups excluding carboxylic acids is 6. The average Bonchev–Trinajstić information content (AvgIpc) is 3.59. The van der Waals surface area contributed by atoms with Gasteiger partial charge in [-0.05, 0) is 61.9 Å². The van der Waals surface area contributed by atoms with Gasteiger partial charge in [-0.25, -0.2) is 0 Å². The highest BCUT2D eigenvalue weighted by Gasteiger charge is 2.55. The van der Waals surface area contributed by atoms with Gasteiger partial charge in [0.1, 0.15) is 28.7 Å². The van der Waals surface area contributed by atoms with Gasteiger partial charge in [-0.15, -0.1) is 0 Å². The number of Topliss-reactive ketones (excluding diaryl/α,β-unsaturated/α-hetero) is 5. The van der Waals surface area contributed by atoms with Gasteiger partial charge in [-0.2, -0.15) is 0 Å². The summed E-state index contributed by atoms with van der Waals surface area (Å²) in [6, 6.07) is 0. The Morgan fingerprint density at radius 2 is 1.58 bits per heavy atom. The second kappa shape index (κ2) is 20.1. The molecular formula is C47H77NO7. The maximum absolute atomic E-state index is 15.1. The zero-order valence-electron chi connectivity index (χ0n) is 37.0.